The highest BCUT2D eigenvalue weighted by atomic mass is 16.1. The van der Waals surface area contributed by atoms with Crippen molar-refractivity contribution in [1.82, 2.24) is 0 Å². The van der Waals surface area contributed by atoms with E-state index in [-0.39, 0.29) is 5.78 Å². The van der Waals surface area contributed by atoms with E-state index in [4.69, 9.17) is 5.73 Å². The van der Waals surface area contributed by atoms with Crippen LogP contribution in [0.5, 0.6) is 0 Å². The summed E-state index contributed by atoms with van der Waals surface area (Å²) >= 11 is 0. The van der Waals surface area contributed by atoms with Crippen LogP contribution in [0.1, 0.15) is 43.1 Å². The Morgan fingerprint density at radius 3 is 2.60 bits per heavy atom. The minimum atomic E-state index is -0.787. The first-order valence-electron chi connectivity index (χ1n) is 5.37. The van der Waals surface area contributed by atoms with Crippen LogP contribution in [0, 0.1) is 0 Å². The minimum Gasteiger partial charge on any atom is -0.319 e. The van der Waals surface area contributed by atoms with E-state index in [1.807, 2.05) is 24.3 Å². The molecular formula is C13H19NO. The van der Waals surface area contributed by atoms with E-state index in [0.717, 1.165) is 12.8 Å². The molecule has 0 saturated carbocycles. The molecule has 0 radical (unpaired) electrons. The molecule has 0 saturated heterocycles. The van der Waals surface area contributed by atoms with Gasteiger partial charge in [-0.1, -0.05) is 31.5 Å². The van der Waals surface area contributed by atoms with Crippen LogP contribution >= 0.6 is 0 Å². The molecule has 0 fully saturated rings. The number of nitrogens with two attached hydrogens (primary N) is 1. The van der Waals surface area contributed by atoms with Crippen LogP contribution in [-0.2, 0) is 6.42 Å². The maximum Gasteiger partial charge on any atom is 0.182 e. The zero-order valence-corrected chi connectivity index (χ0v) is 9.71. The molecule has 2 heteroatoms. The SMILES string of the molecule is CCCc1cccc(C(=O)C(C)(C)N)c1. The minimum absolute atomic E-state index is 0.000420. The Morgan fingerprint density at radius 2 is 2.07 bits per heavy atom. The van der Waals surface area contributed by atoms with E-state index < -0.39 is 5.54 Å². The predicted molar refractivity (Wildman–Crippen MR) is 63.0 cm³/mol. The van der Waals surface area contributed by atoms with Crippen LogP contribution in [0.2, 0.25) is 0 Å². The van der Waals surface area contributed by atoms with Crippen LogP contribution in [0.4, 0.5) is 0 Å². The Kier molecular flexibility index (Phi) is 3.64. The topological polar surface area (TPSA) is 43.1 Å². The third-order valence-corrected chi connectivity index (χ3v) is 2.31. The molecule has 15 heavy (non-hydrogen) atoms. The summed E-state index contributed by atoms with van der Waals surface area (Å²) in [6, 6.07) is 7.74. The fourth-order valence-electron chi connectivity index (χ4n) is 1.53. The van der Waals surface area contributed by atoms with Gasteiger partial charge >= 0.3 is 0 Å². The summed E-state index contributed by atoms with van der Waals surface area (Å²) in [4.78, 5) is 11.9. The first kappa shape index (κ1) is 11.9. The highest BCUT2D eigenvalue weighted by Crippen LogP contribution is 2.13. The lowest BCUT2D eigenvalue weighted by Crippen LogP contribution is -2.41. The summed E-state index contributed by atoms with van der Waals surface area (Å²) < 4.78 is 0. The van der Waals surface area contributed by atoms with E-state index in [1.54, 1.807) is 13.8 Å². The Balaban J connectivity index is 2.95. The predicted octanol–water partition coefficient (Wildman–Crippen LogP) is 2.56. The molecule has 2 nitrogen and oxygen atoms in total. The van der Waals surface area contributed by atoms with Gasteiger partial charge in [0.2, 0.25) is 0 Å². The molecule has 0 bridgehead atoms. The molecule has 0 unspecified atom stereocenters. The van der Waals surface area contributed by atoms with E-state index in [0.29, 0.717) is 5.56 Å². The van der Waals surface area contributed by atoms with Gasteiger partial charge in [-0.25, -0.2) is 0 Å². The smallest absolute Gasteiger partial charge is 0.182 e. The van der Waals surface area contributed by atoms with Crippen LogP contribution < -0.4 is 5.73 Å². The summed E-state index contributed by atoms with van der Waals surface area (Å²) in [6.07, 6.45) is 2.09. The number of carbonyl (C=O) groups is 1. The van der Waals surface area contributed by atoms with Gasteiger partial charge in [-0.3, -0.25) is 4.79 Å². The zero-order chi connectivity index (χ0) is 11.5. The molecule has 0 aliphatic heterocycles. The molecule has 0 aromatic heterocycles. The number of hydrogen-bond donors (Lipinski definition) is 1. The van der Waals surface area contributed by atoms with Crippen molar-refractivity contribution in [2.45, 2.75) is 39.2 Å². The van der Waals surface area contributed by atoms with Gasteiger partial charge in [0.15, 0.2) is 5.78 Å². The van der Waals surface area contributed by atoms with Gasteiger partial charge in [-0.2, -0.15) is 0 Å². The quantitative estimate of drug-likeness (QED) is 0.768. The molecule has 1 aromatic rings. The van der Waals surface area contributed by atoms with E-state index in [1.165, 1.54) is 5.56 Å². The van der Waals surface area contributed by atoms with Crippen LogP contribution in [0.25, 0.3) is 0 Å². The van der Waals surface area contributed by atoms with Crippen molar-refractivity contribution in [3.63, 3.8) is 0 Å². The lowest BCUT2D eigenvalue weighted by molar-refractivity contribution is 0.0913. The zero-order valence-electron chi connectivity index (χ0n) is 9.71. The van der Waals surface area contributed by atoms with Gasteiger partial charge in [0.25, 0.3) is 0 Å². The second kappa shape index (κ2) is 4.58. The van der Waals surface area contributed by atoms with Crippen molar-refractivity contribution < 1.29 is 4.79 Å². The monoisotopic (exact) mass is 205 g/mol. The molecule has 1 aromatic carbocycles. The fraction of sp³-hybridized carbons (Fsp3) is 0.462. The largest absolute Gasteiger partial charge is 0.319 e. The Hall–Kier alpha value is -1.15. The summed E-state index contributed by atoms with van der Waals surface area (Å²) in [5.41, 5.74) is 6.92. The molecule has 0 aliphatic rings. The maximum absolute atomic E-state index is 11.9. The number of Topliss-reactive ketones (excluding diaryl/α,β-unsaturated/α-hetero) is 1. The molecular weight excluding hydrogens is 186 g/mol. The molecule has 1 rings (SSSR count). The van der Waals surface area contributed by atoms with Crippen molar-refractivity contribution in [2.75, 3.05) is 0 Å². The summed E-state index contributed by atoms with van der Waals surface area (Å²) in [5, 5.41) is 0. The number of benzene rings is 1. The summed E-state index contributed by atoms with van der Waals surface area (Å²) in [7, 11) is 0. The van der Waals surface area contributed by atoms with E-state index in [2.05, 4.69) is 6.92 Å². The first-order chi connectivity index (χ1) is 6.95. The third-order valence-electron chi connectivity index (χ3n) is 2.31. The lowest BCUT2D eigenvalue weighted by Gasteiger charge is -2.17. The van der Waals surface area contributed by atoms with Crippen molar-refractivity contribution in [2.24, 2.45) is 5.73 Å². The number of ketones is 1. The van der Waals surface area contributed by atoms with Crippen molar-refractivity contribution in [3.8, 4) is 0 Å². The average Bonchev–Trinajstić information content (AvgIpc) is 2.16. The van der Waals surface area contributed by atoms with E-state index >= 15 is 0 Å². The van der Waals surface area contributed by atoms with Gasteiger partial charge in [0.05, 0.1) is 5.54 Å². The lowest BCUT2D eigenvalue weighted by atomic mass is 9.93. The summed E-state index contributed by atoms with van der Waals surface area (Å²) in [5.74, 6) is 0.000420. The highest BCUT2D eigenvalue weighted by molar-refractivity contribution is 6.02. The first-order valence-corrected chi connectivity index (χ1v) is 5.37. The molecule has 0 aliphatic carbocycles. The molecule has 0 amide bonds. The number of aryl methyl sites for hydroxylation is 1. The molecule has 2 N–H and O–H groups in total. The van der Waals surface area contributed by atoms with Gasteiger partial charge < -0.3 is 5.73 Å². The second-order valence-electron chi connectivity index (χ2n) is 4.50. The van der Waals surface area contributed by atoms with Gasteiger partial charge in [0, 0.05) is 5.56 Å². The standard InChI is InChI=1S/C13H19NO/c1-4-6-10-7-5-8-11(9-10)12(15)13(2,3)14/h5,7-9H,4,6,14H2,1-3H3. The fourth-order valence-corrected chi connectivity index (χ4v) is 1.53. The number of hydrogen-bond acceptors (Lipinski definition) is 2. The molecule has 0 atom stereocenters. The Labute approximate surface area is 91.5 Å². The molecule has 0 heterocycles. The van der Waals surface area contributed by atoms with Crippen LogP contribution in [0.3, 0.4) is 0 Å². The van der Waals surface area contributed by atoms with E-state index in [9.17, 15) is 4.79 Å². The van der Waals surface area contributed by atoms with Gasteiger partial charge in [-0.05, 0) is 31.9 Å². The summed E-state index contributed by atoms with van der Waals surface area (Å²) in [6.45, 7) is 5.60. The van der Waals surface area contributed by atoms with Crippen LogP contribution in [0.15, 0.2) is 24.3 Å². The molecule has 82 valence electrons. The van der Waals surface area contributed by atoms with Gasteiger partial charge in [-0.15, -0.1) is 0 Å². The highest BCUT2D eigenvalue weighted by Gasteiger charge is 2.23. The Morgan fingerprint density at radius 1 is 1.40 bits per heavy atom. The second-order valence-corrected chi connectivity index (χ2v) is 4.50. The normalized spacial score (nSPS) is 11.5. The van der Waals surface area contributed by atoms with Crippen molar-refractivity contribution in [1.29, 1.82) is 0 Å². The average molecular weight is 205 g/mol. The van der Waals surface area contributed by atoms with Crippen molar-refractivity contribution >= 4 is 5.78 Å². The van der Waals surface area contributed by atoms with Gasteiger partial charge in [0.1, 0.15) is 0 Å². The third kappa shape index (κ3) is 3.17. The maximum atomic E-state index is 11.9. The van der Waals surface area contributed by atoms with Crippen molar-refractivity contribution in [3.05, 3.63) is 35.4 Å². The van der Waals surface area contributed by atoms with Crippen LogP contribution in [-0.4, -0.2) is 11.3 Å². The molecule has 0 spiro atoms. The number of carbonyl (C=O) groups excluding carboxylic acids is 1. The number of rotatable bonds is 4. The Bertz CT molecular complexity index is 350.